The zero-order valence-electron chi connectivity index (χ0n) is 14.1. The van der Waals surface area contributed by atoms with Gasteiger partial charge in [0, 0.05) is 10.9 Å². The monoisotopic (exact) mass is 350 g/mol. The molecule has 24 heavy (non-hydrogen) atoms. The maximum Gasteiger partial charge on any atom is 0.320 e. The number of anilines is 1. The van der Waals surface area contributed by atoms with Crippen LogP contribution in [0.25, 0.3) is 11.5 Å². The maximum atomic E-state index is 12.3. The van der Waals surface area contributed by atoms with Crippen LogP contribution in [0.5, 0.6) is 0 Å². The van der Waals surface area contributed by atoms with Crippen molar-refractivity contribution in [2.45, 2.75) is 52.7 Å². The molecule has 0 spiro atoms. The van der Waals surface area contributed by atoms with Crippen molar-refractivity contribution in [3.63, 3.8) is 0 Å². The lowest BCUT2D eigenvalue weighted by molar-refractivity contribution is 0.113. The fraction of sp³-hybridized carbons (Fsp3) is 0.562. The van der Waals surface area contributed by atoms with Crippen LogP contribution in [-0.4, -0.2) is 28.8 Å². The van der Waals surface area contributed by atoms with Crippen LogP contribution in [-0.2, 0) is 17.8 Å². The van der Waals surface area contributed by atoms with Gasteiger partial charge in [-0.25, -0.2) is 4.79 Å². The van der Waals surface area contributed by atoms with Gasteiger partial charge in [0.2, 0.25) is 0 Å². The number of nitrogens with one attached hydrogen (secondary N) is 2. The highest BCUT2D eigenvalue weighted by Gasteiger charge is 2.26. The Hall–Kier alpha value is -1.93. The van der Waals surface area contributed by atoms with Gasteiger partial charge in [-0.3, -0.25) is 5.32 Å². The van der Waals surface area contributed by atoms with Crippen molar-refractivity contribution in [1.82, 2.24) is 15.5 Å². The normalized spacial score (nSPS) is 13.8. The number of aryl methyl sites for hydroxylation is 1. The first-order valence-electron chi connectivity index (χ1n) is 8.22. The van der Waals surface area contributed by atoms with Gasteiger partial charge in [-0.2, -0.15) is 4.98 Å². The molecule has 1 aliphatic heterocycles. The topological polar surface area (TPSA) is 89.3 Å². The SMILES string of the molecule is CCC(CC)NC(=O)Nc1sc2c(c1-c1nc(C)no1)CCOC2. The number of carbonyl (C=O) groups excluding carboxylic acids is 1. The van der Waals surface area contributed by atoms with Crippen molar-refractivity contribution in [3.8, 4) is 11.5 Å². The molecule has 0 saturated heterocycles. The molecule has 3 rings (SSSR count). The molecule has 7 nitrogen and oxygen atoms in total. The quantitative estimate of drug-likeness (QED) is 0.861. The molecule has 3 heterocycles. The van der Waals surface area contributed by atoms with Crippen LogP contribution in [0.1, 0.15) is 43.0 Å². The highest BCUT2D eigenvalue weighted by Crippen LogP contribution is 2.42. The van der Waals surface area contributed by atoms with Crippen LogP contribution in [0, 0.1) is 6.92 Å². The molecule has 0 unspecified atom stereocenters. The molecule has 0 radical (unpaired) electrons. The van der Waals surface area contributed by atoms with E-state index in [0.29, 0.717) is 24.9 Å². The predicted octanol–water partition coefficient (Wildman–Crippen LogP) is 3.49. The van der Waals surface area contributed by atoms with E-state index in [1.54, 1.807) is 6.92 Å². The second-order valence-electron chi connectivity index (χ2n) is 5.77. The zero-order valence-corrected chi connectivity index (χ0v) is 15.0. The van der Waals surface area contributed by atoms with E-state index < -0.39 is 0 Å². The van der Waals surface area contributed by atoms with E-state index in [4.69, 9.17) is 9.26 Å². The Labute approximate surface area is 144 Å². The van der Waals surface area contributed by atoms with Crippen LogP contribution >= 0.6 is 11.3 Å². The van der Waals surface area contributed by atoms with Crippen LogP contribution < -0.4 is 10.6 Å². The Morgan fingerprint density at radius 2 is 2.17 bits per heavy atom. The minimum Gasteiger partial charge on any atom is -0.376 e. The van der Waals surface area contributed by atoms with E-state index in [1.807, 2.05) is 0 Å². The summed E-state index contributed by atoms with van der Waals surface area (Å²) in [6.07, 6.45) is 2.57. The van der Waals surface area contributed by atoms with Crippen molar-refractivity contribution in [3.05, 3.63) is 16.3 Å². The van der Waals surface area contributed by atoms with Gasteiger partial charge in [-0.15, -0.1) is 11.3 Å². The number of amides is 2. The zero-order chi connectivity index (χ0) is 17.1. The Bertz CT molecular complexity index is 721. The molecule has 2 N–H and O–H groups in total. The number of hydrogen-bond donors (Lipinski definition) is 2. The highest BCUT2D eigenvalue weighted by atomic mass is 32.1. The first-order chi connectivity index (χ1) is 11.6. The van der Waals surface area contributed by atoms with E-state index in [1.165, 1.54) is 11.3 Å². The van der Waals surface area contributed by atoms with E-state index in [0.717, 1.165) is 40.3 Å². The second kappa shape index (κ2) is 7.31. The summed E-state index contributed by atoms with van der Waals surface area (Å²) in [6, 6.07) is -0.0438. The van der Waals surface area contributed by atoms with Crippen molar-refractivity contribution >= 4 is 22.4 Å². The number of carbonyl (C=O) groups is 1. The van der Waals surface area contributed by atoms with Gasteiger partial charge in [0.25, 0.3) is 5.89 Å². The molecule has 130 valence electrons. The van der Waals surface area contributed by atoms with Crippen molar-refractivity contribution in [2.75, 3.05) is 11.9 Å². The lowest BCUT2D eigenvalue weighted by Crippen LogP contribution is -2.37. The fourth-order valence-corrected chi connectivity index (χ4v) is 3.93. The third kappa shape index (κ3) is 3.44. The standard InChI is InChI=1S/C16H22N4O3S/c1-4-10(5-2)18-16(21)19-15-13(14-17-9(3)20-23-14)11-6-7-22-8-12(11)24-15/h10H,4-8H2,1-3H3,(H2,18,19,21). The van der Waals surface area contributed by atoms with E-state index in [9.17, 15) is 4.79 Å². The molecule has 0 aromatic carbocycles. The first kappa shape index (κ1) is 16.9. The summed E-state index contributed by atoms with van der Waals surface area (Å²) in [4.78, 5) is 17.8. The Kier molecular flexibility index (Phi) is 5.15. The molecule has 2 amide bonds. The number of urea groups is 1. The maximum absolute atomic E-state index is 12.3. The van der Waals surface area contributed by atoms with Gasteiger partial charge >= 0.3 is 6.03 Å². The highest BCUT2D eigenvalue weighted by molar-refractivity contribution is 7.17. The summed E-state index contributed by atoms with van der Waals surface area (Å²) in [5.41, 5.74) is 1.96. The van der Waals surface area contributed by atoms with Crippen molar-refractivity contribution in [2.24, 2.45) is 0 Å². The summed E-state index contributed by atoms with van der Waals surface area (Å²) in [6.45, 7) is 7.10. The second-order valence-corrected chi connectivity index (χ2v) is 6.87. The average molecular weight is 350 g/mol. The molecule has 8 heteroatoms. The minimum atomic E-state index is -0.208. The number of rotatable bonds is 5. The summed E-state index contributed by atoms with van der Waals surface area (Å²) in [7, 11) is 0. The lowest BCUT2D eigenvalue weighted by atomic mass is 10.1. The molecule has 0 aliphatic carbocycles. The summed E-state index contributed by atoms with van der Waals surface area (Å²) < 4.78 is 10.9. The smallest absolute Gasteiger partial charge is 0.320 e. The predicted molar refractivity (Wildman–Crippen MR) is 92.2 cm³/mol. The summed E-state index contributed by atoms with van der Waals surface area (Å²) >= 11 is 1.51. The van der Waals surface area contributed by atoms with E-state index in [-0.39, 0.29) is 12.1 Å². The molecule has 0 bridgehead atoms. The lowest BCUT2D eigenvalue weighted by Gasteiger charge is -2.15. The fourth-order valence-electron chi connectivity index (χ4n) is 2.76. The number of fused-ring (bicyclic) bond motifs is 1. The van der Waals surface area contributed by atoms with Gasteiger partial charge in [0.05, 0.1) is 18.8 Å². The molecule has 0 atom stereocenters. The summed E-state index contributed by atoms with van der Waals surface area (Å²) in [5, 5.41) is 10.6. The third-order valence-corrected chi connectivity index (χ3v) is 5.23. The number of hydrogen-bond acceptors (Lipinski definition) is 6. The molecule has 2 aromatic rings. The number of aromatic nitrogens is 2. The van der Waals surface area contributed by atoms with E-state index >= 15 is 0 Å². The third-order valence-electron chi connectivity index (χ3n) is 4.11. The molecule has 1 aliphatic rings. The minimum absolute atomic E-state index is 0.164. The Morgan fingerprint density at radius 3 is 2.83 bits per heavy atom. The first-order valence-corrected chi connectivity index (χ1v) is 9.04. The molecular weight excluding hydrogens is 328 g/mol. The van der Waals surface area contributed by atoms with Gasteiger partial charge in [-0.1, -0.05) is 19.0 Å². The summed E-state index contributed by atoms with van der Waals surface area (Å²) in [5.74, 6) is 1.02. The van der Waals surface area contributed by atoms with Crippen LogP contribution in [0.2, 0.25) is 0 Å². The Morgan fingerprint density at radius 1 is 1.38 bits per heavy atom. The van der Waals surface area contributed by atoms with Gasteiger partial charge in [0.1, 0.15) is 5.00 Å². The molecule has 0 fully saturated rings. The van der Waals surface area contributed by atoms with Gasteiger partial charge in [-0.05, 0) is 31.7 Å². The molecule has 2 aromatic heterocycles. The van der Waals surface area contributed by atoms with Gasteiger partial charge in [0.15, 0.2) is 5.82 Å². The number of nitrogens with zero attached hydrogens (tertiary/aromatic N) is 2. The van der Waals surface area contributed by atoms with Crippen molar-refractivity contribution < 1.29 is 14.1 Å². The number of thiophene rings is 1. The molecular formula is C16H22N4O3S. The molecule has 0 saturated carbocycles. The van der Waals surface area contributed by atoms with Gasteiger partial charge < -0.3 is 14.6 Å². The van der Waals surface area contributed by atoms with E-state index in [2.05, 4.69) is 34.6 Å². The van der Waals surface area contributed by atoms with Crippen LogP contribution in [0.4, 0.5) is 9.80 Å². The number of ether oxygens (including phenoxy) is 1. The van der Waals surface area contributed by atoms with Crippen LogP contribution in [0.15, 0.2) is 4.52 Å². The Balaban J connectivity index is 1.89. The largest absolute Gasteiger partial charge is 0.376 e. The van der Waals surface area contributed by atoms with Crippen molar-refractivity contribution in [1.29, 1.82) is 0 Å². The van der Waals surface area contributed by atoms with Crippen LogP contribution in [0.3, 0.4) is 0 Å². The average Bonchev–Trinajstić information content (AvgIpc) is 3.15.